The second-order valence-electron chi connectivity index (χ2n) is 5.17. The molecule has 0 heterocycles. The van der Waals surface area contributed by atoms with E-state index in [0.717, 1.165) is 0 Å². The molecule has 0 amide bonds. The molecule has 0 aromatic heterocycles. The van der Waals surface area contributed by atoms with Crippen molar-refractivity contribution in [3.05, 3.63) is 11.1 Å². The van der Waals surface area contributed by atoms with Gasteiger partial charge in [0, 0.05) is 11.1 Å². The van der Waals surface area contributed by atoms with Crippen LogP contribution in [0.2, 0.25) is 0 Å². The lowest BCUT2D eigenvalue weighted by Gasteiger charge is -2.23. The molecule has 6 nitrogen and oxygen atoms in total. The molecule has 126 valence electrons. The highest BCUT2D eigenvalue weighted by atomic mass is 32.2. The molecule has 0 aliphatic heterocycles. The highest BCUT2D eigenvalue weighted by Gasteiger charge is 2.32. The molecule has 0 bridgehead atoms. The highest BCUT2D eigenvalue weighted by Crippen LogP contribution is 2.49. The molecule has 2 N–H and O–H groups in total. The second kappa shape index (κ2) is 7.19. The molecule has 0 saturated heterocycles. The fraction of sp³-hybridized carbons (Fsp3) is 0.600. The zero-order valence-electron chi connectivity index (χ0n) is 13.6. The Morgan fingerprint density at radius 1 is 1.14 bits per heavy atom. The van der Waals surface area contributed by atoms with Crippen molar-refractivity contribution in [2.24, 2.45) is 0 Å². The van der Waals surface area contributed by atoms with Crippen LogP contribution in [0.15, 0.2) is 4.90 Å². The number of ether oxygens (including phenoxy) is 2. The van der Waals surface area contributed by atoms with Gasteiger partial charge in [-0.05, 0) is 18.8 Å². The molecule has 0 saturated carbocycles. The molecule has 22 heavy (non-hydrogen) atoms. The van der Waals surface area contributed by atoms with Crippen LogP contribution in [0.5, 0.6) is 17.2 Å². The molecule has 1 rings (SSSR count). The van der Waals surface area contributed by atoms with Gasteiger partial charge in [-0.2, -0.15) is 8.42 Å². The van der Waals surface area contributed by atoms with E-state index in [1.54, 1.807) is 0 Å². The molecule has 0 aliphatic carbocycles. The minimum Gasteiger partial charge on any atom is -0.504 e. The van der Waals surface area contributed by atoms with Crippen molar-refractivity contribution in [1.29, 1.82) is 0 Å². The third-order valence-electron chi connectivity index (χ3n) is 3.74. The van der Waals surface area contributed by atoms with E-state index in [-0.39, 0.29) is 33.6 Å². The molecule has 1 unspecified atom stereocenters. The molecular formula is C15H24O6S. The monoisotopic (exact) mass is 332 g/mol. The summed E-state index contributed by atoms with van der Waals surface area (Å²) in [4.78, 5) is -0.265. The molecule has 0 aliphatic rings. The summed E-state index contributed by atoms with van der Waals surface area (Å²) in [7, 11) is -1.77. The van der Waals surface area contributed by atoms with Gasteiger partial charge < -0.3 is 14.6 Å². The first-order valence-electron chi connectivity index (χ1n) is 7.21. The summed E-state index contributed by atoms with van der Waals surface area (Å²) in [6.45, 7) is 5.59. The Balaban J connectivity index is 4.02. The summed E-state index contributed by atoms with van der Waals surface area (Å²) in [6.07, 6.45) is 1.54. The van der Waals surface area contributed by atoms with E-state index in [9.17, 15) is 18.1 Å². The predicted octanol–water partition coefficient (Wildman–Crippen LogP) is 3.12. The summed E-state index contributed by atoms with van der Waals surface area (Å²) >= 11 is 0. The van der Waals surface area contributed by atoms with Crippen molar-refractivity contribution in [2.45, 2.75) is 50.8 Å². The van der Waals surface area contributed by atoms with Gasteiger partial charge in [0.05, 0.1) is 14.2 Å². The Morgan fingerprint density at radius 3 is 2.05 bits per heavy atom. The van der Waals surface area contributed by atoms with Gasteiger partial charge in [-0.15, -0.1) is 0 Å². The van der Waals surface area contributed by atoms with E-state index in [0.29, 0.717) is 24.8 Å². The van der Waals surface area contributed by atoms with Gasteiger partial charge in [-0.1, -0.05) is 27.2 Å². The summed E-state index contributed by atoms with van der Waals surface area (Å²) in [5.74, 6) is -0.270. The number of benzene rings is 1. The van der Waals surface area contributed by atoms with E-state index in [2.05, 4.69) is 0 Å². The summed E-state index contributed by atoms with van der Waals surface area (Å²) in [5.41, 5.74) is 0.503. The van der Waals surface area contributed by atoms with Gasteiger partial charge in [0.1, 0.15) is 4.90 Å². The molecular weight excluding hydrogens is 308 g/mol. The van der Waals surface area contributed by atoms with Crippen LogP contribution in [0.1, 0.15) is 50.7 Å². The molecule has 1 atom stereocenters. The Hall–Kier alpha value is -1.47. The van der Waals surface area contributed by atoms with Crippen LogP contribution in [-0.4, -0.2) is 32.3 Å². The van der Waals surface area contributed by atoms with Gasteiger partial charge in [-0.3, -0.25) is 4.55 Å². The molecule has 7 heteroatoms. The van der Waals surface area contributed by atoms with Crippen molar-refractivity contribution in [2.75, 3.05) is 14.2 Å². The van der Waals surface area contributed by atoms with E-state index in [1.165, 1.54) is 14.2 Å². The Kier molecular flexibility index (Phi) is 6.08. The molecule has 1 aromatic carbocycles. The van der Waals surface area contributed by atoms with Crippen LogP contribution < -0.4 is 9.47 Å². The van der Waals surface area contributed by atoms with Crippen molar-refractivity contribution < 1.29 is 27.6 Å². The van der Waals surface area contributed by atoms with Gasteiger partial charge in [0.25, 0.3) is 10.1 Å². The third-order valence-corrected chi connectivity index (χ3v) is 4.72. The van der Waals surface area contributed by atoms with E-state index in [1.807, 2.05) is 20.8 Å². The quantitative estimate of drug-likeness (QED) is 0.745. The lowest BCUT2D eigenvalue weighted by Crippen LogP contribution is -2.13. The lowest BCUT2D eigenvalue weighted by molar-refractivity contribution is 0.323. The Morgan fingerprint density at radius 2 is 1.68 bits per heavy atom. The van der Waals surface area contributed by atoms with Gasteiger partial charge in [-0.25, -0.2) is 0 Å². The SMILES string of the molecule is CCCc1c(O)c(OC)c(OC)c(C(C)CC)c1S(=O)(=O)O. The zero-order chi connectivity index (χ0) is 17.1. The van der Waals surface area contributed by atoms with Crippen LogP contribution in [0.3, 0.4) is 0 Å². The third kappa shape index (κ3) is 3.30. The largest absolute Gasteiger partial charge is 0.504 e. The number of phenols is 1. The van der Waals surface area contributed by atoms with Gasteiger partial charge in [0.2, 0.25) is 5.75 Å². The number of hydrogen-bond donors (Lipinski definition) is 2. The number of phenolic OH excluding ortho intramolecular Hbond substituents is 1. The zero-order valence-corrected chi connectivity index (χ0v) is 14.5. The number of rotatable bonds is 7. The number of hydrogen-bond acceptors (Lipinski definition) is 5. The number of aromatic hydroxyl groups is 1. The summed E-state index contributed by atoms with van der Waals surface area (Å²) < 4.78 is 44.1. The van der Waals surface area contributed by atoms with E-state index in [4.69, 9.17) is 9.47 Å². The van der Waals surface area contributed by atoms with Crippen molar-refractivity contribution in [3.63, 3.8) is 0 Å². The van der Waals surface area contributed by atoms with Crippen LogP contribution in [0, 0.1) is 0 Å². The number of methoxy groups -OCH3 is 2. The fourth-order valence-corrected chi connectivity index (χ4v) is 3.64. The normalized spacial score (nSPS) is 13.0. The maximum Gasteiger partial charge on any atom is 0.295 e. The molecule has 0 radical (unpaired) electrons. The topological polar surface area (TPSA) is 93.1 Å². The first kappa shape index (κ1) is 18.6. The standard InChI is InChI=1S/C15H24O6S/c1-6-8-10-12(16)14(21-5)13(20-4)11(9(3)7-2)15(10)22(17,18)19/h9,16H,6-8H2,1-5H3,(H,17,18,19). The van der Waals surface area contributed by atoms with Crippen molar-refractivity contribution in [3.8, 4) is 17.2 Å². The second-order valence-corrected chi connectivity index (χ2v) is 6.53. The summed E-state index contributed by atoms with van der Waals surface area (Å²) in [5, 5.41) is 10.4. The van der Waals surface area contributed by atoms with Gasteiger partial charge in [0.15, 0.2) is 11.5 Å². The first-order valence-corrected chi connectivity index (χ1v) is 8.65. The highest BCUT2D eigenvalue weighted by molar-refractivity contribution is 7.86. The molecule has 0 spiro atoms. The minimum absolute atomic E-state index is 0.0913. The Labute approximate surface area is 131 Å². The minimum atomic E-state index is -4.52. The van der Waals surface area contributed by atoms with Crippen LogP contribution in [0.4, 0.5) is 0 Å². The average molecular weight is 332 g/mol. The maximum absolute atomic E-state index is 11.9. The van der Waals surface area contributed by atoms with Crippen molar-refractivity contribution >= 4 is 10.1 Å². The van der Waals surface area contributed by atoms with Crippen LogP contribution in [-0.2, 0) is 16.5 Å². The van der Waals surface area contributed by atoms with E-state index < -0.39 is 10.1 Å². The average Bonchev–Trinajstić information content (AvgIpc) is 2.46. The molecule has 0 fully saturated rings. The fourth-order valence-electron chi connectivity index (χ4n) is 2.56. The van der Waals surface area contributed by atoms with Gasteiger partial charge >= 0.3 is 0 Å². The lowest BCUT2D eigenvalue weighted by atomic mass is 9.93. The molecule has 1 aromatic rings. The van der Waals surface area contributed by atoms with Crippen molar-refractivity contribution in [1.82, 2.24) is 0 Å². The predicted molar refractivity (Wildman–Crippen MR) is 83.7 cm³/mol. The van der Waals surface area contributed by atoms with Crippen LogP contribution in [0.25, 0.3) is 0 Å². The smallest absolute Gasteiger partial charge is 0.295 e. The maximum atomic E-state index is 11.9. The Bertz CT molecular complexity index is 636. The summed E-state index contributed by atoms with van der Waals surface area (Å²) in [6, 6.07) is 0. The van der Waals surface area contributed by atoms with E-state index >= 15 is 0 Å². The first-order chi connectivity index (χ1) is 10.2. The van der Waals surface area contributed by atoms with Crippen LogP contribution >= 0.6 is 0 Å².